The molecule has 2 heterocycles. The molecule has 8 rings (SSSR count). The number of hydrogen-bond donors (Lipinski definition) is 0. The quantitative estimate of drug-likeness (QED) is 0.105. The summed E-state index contributed by atoms with van der Waals surface area (Å²) in [4.78, 5) is 10.1. The molecule has 4 aliphatic rings. The second kappa shape index (κ2) is 20.7. The molecule has 2 saturated carbocycles. The summed E-state index contributed by atoms with van der Waals surface area (Å²) < 4.78 is 12.3. The van der Waals surface area contributed by atoms with Crippen molar-refractivity contribution < 1.29 is 31.9 Å². The largest absolute Gasteiger partial charge is 0.478 e. The summed E-state index contributed by atoms with van der Waals surface area (Å²) in [6, 6.07) is 45.4. The molecule has 4 nitrogen and oxygen atoms in total. The Balaban J connectivity index is 0.000000184. The van der Waals surface area contributed by atoms with Gasteiger partial charge in [0.2, 0.25) is 0 Å². The summed E-state index contributed by atoms with van der Waals surface area (Å²) in [5.41, 5.74) is 1.33. The van der Waals surface area contributed by atoms with E-state index in [-0.39, 0.29) is 22.4 Å². The summed E-state index contributed by atoms with van der Waals surface area (Å²) >= 11 is 0. The van der Waals surface area contributed by atoms with Gasteiger partial charge in [-0.15, -0.1) is 0 Å². The maximum atomic E-state index is 6.17. The van der Waals surface area contributed by atoms with Crippen molar-refractivity contribution >= 4 is 48.9 Å². The van der Waals surface area contributed by atoms with E-state index in [1.165, 1.54) is 59.7 Å². The van der Waals surface area contributed by atoms with Gasteiger partial charge in [-0.3, -0.25) is 0 Å². The van der Waals surface area contributed by atoms with Gasteiger partial charge in [-0.05, 0) is 112 Å². The second-order valence-electron chi connectivity index (χ2n) is 16.7. The van der Waals surface area contributed by atoms with E-state index in [4.69, 9.17) is 19.5 Å². The van der Waals surface area contributed by atoms with E-state index in [1.807, 2.05) is 0 Å². The van der Waals surface area contributed by atoms with E-state index in [9.17, 15) is 0 Å². The third-order valence-corrected chi connectivity index (χ3v) is 18.4. The van der Waals surface area contributed by atoms with Crippen LogP contribution in [-0.4, -0.2) is 48.4 Å². The van der Waals surface area contributed by atoms with Crippen molar-refractivity contribution in [3.05, 3.63) is 121 Å². The minimum absolute atomic E-state index is 0. The van der Waals surface area contributed by atoms with Crippen LogP contribution in [-0.2, 0) is 31.9 Å². The molecule has 2 aliphatic carbocycles. The SMILES string of the molecule is CC(C)C[C@@H]1COC(C2CCC[C@H]2[PH+](c2ccccc2)c2ccccc2)=N1.CC(C)C[C@H]1COC(C2CCC[C@@H]2[PH+](c2ccccc2)c2ccccc2)=N1.[Au]. The summed E-state index contributed by atoms with van der Waals surface area (Å²) in [6.45, 7) is 10.7. The fraction of sp³-hybridized carbons (Fsp3) is 0.458. The predicted molar refractivity (Wildman–Crippen MR) is 236 cm³/mol. The van der Waals surface area contributed by atoms with Gasteiger partial charge >= 0.3 is 0 Å². The van der Waals surface area contributed by atoms with E-state index >= 15 is 0 Å². The zero-order valence-corrected chi connectivity index (χ0v) is 37.4. The first-order valence-corrected chi connectivity index (χ1v) is 24.0. The monoisotopic (exact) mass is 957 g/mol. The molecular formula is C48H62AuN2O2P2+2. The normalized spacial score (nSPS) is 24.6. The Morgan fingerprint density at radius 2 is 0.800 bits per heavy atom. The van der Waals surface area contributed by atoms with Gasteiger partial charge in [-0.1, -0.05) is 100 Å². The van der Waals surface area contributed by atoms with Crippen LogP contribution in [0.25, 0.3) is 0 Å². The number of hydrogen-bond acceptors (Lipinski definition) is 4. The molecule has 0 spiro atoms. The van der Waals surface area contributed by atoms with Gasteiger partial charge < -0.3 is 9.47 Å². The third-order valence-electron chi connectivity index (χ3n) is 11.7. The molecule has 1 radical (unpaired) electrons. The number of benzene rings is 4. The molecule has 0 bridgehead atoms. The van der Waals surface area contributed by atoms with Crippen LogP contribution in [0, 0.1) is 23.7 Å². The molecule has 6 atom stereocenters. The number of ether oxygens (including phenoxy) is 2. The van der Waals surface area contributed by atoms with Crippen LogP contribution in [0.2, 0.25) is 0 Å². The van der Waals surface area contributed by atoms with Crippen LogP contribution < -0.4 is 21.2 Å². The molecule has 2 aliphatic heterocycles. The predicted octanol–water partition coefficient (Wildman–Crippen LogP) is 9.72. The molecule has 2 unspecified atom stereocenters. The van der Waals surface area contributed by atoms with Crippen LogP contribution >= 0.6 is 15.8 Å². The molecule has 0 N–H and O–H groups in total. The van der Waals surface area contributed by atoms with Crippen molar-refractivity contribution in [3.63, 3.8) is 0 Å². The van der Waals surface area contributed by atoms with Gasteiger partial charge in [0, 0.05) is 22.4 Å². The van der Waals surface area contributed by atoms with Crippen molar-refractivity contribution in [1.82, 2.24) is 0 Å². The fourth-order valence-corrected chi connectivity index (χ4v) is 16.5. The maximum absolute atomic E-state index is 6.17. The molecule has 295 valence electrons. The van der Waals surface area contributed by atoms with Crippen LogP contribution in [0.5, 0.6) is 0 Å². The van der Waals surface area contributed by atoms with Crippen LogP contribution in [0.4, 0.5) is 0 Å². The standard InChI is InChI=1S/2C24H30NOP.Au/c2*1-18(2)16-19-17-26-24(25-19)22-14-9-15-23(22)27(20-10-5-3-6-11-20)21-12-7-4-8-13-21;/h2*3-8,10-13,18-19,22-23H,9,14-17H2,1-2H3;/p+2/t2*19-,22?,23-;/m10./s1. The second-order valence-corrected chi connectivity index (χ2v) is 22.1. The molecule has 4 aromatic carbocycles. The van der Waals surface area contributed by atoms with Crippen molar-refractivity contribution in [2.45, 2.75) is 102 Å². The Hall–Kier alpha value is -2.58. The zero-order chi connectivity index (χ0) is 37.3. The summed E-state index contributed by atoms with van der Waals surface area (Å²) in [5, 5.41) is 6.07. The first kappa shape index (κ1) is 42.0. The molecule has 2 fully saturated rings. The van der Waals surface area contributed by atoms with Crippen LogP contribution in [0.3, 0.4) is 0 Å². The molecule has 0 amide bonds. The first-order chi connectivity index (χ1) is 26.4. The van der Waals surface area contributed by atoms with Gasteiger partial charge in [-0.25, -0.2) is 9.98 Å². The van der Waals surface area contributed by atoms with E-state index in [0.717, 1.165) is 37.9 Å². The Labute approximate surface area is 349 Å². The van der Waals surface area contributed by atoms with Crippen molar-refractivity contribution in [1.29, 1.82) is 0 Å². The zero-order valence-electron chi connectivity index (χ0n) is 33.2. The Morgan fingerprint density at radius 1 is 0.491 bits per heavy atom. The van der Waals surface area contributed by atoms with Crippen LogP contribution in [0.15, 0.2) is 131 Å². The maximum Gasteiger partial charge on any atom is 0.190 e. The van der Waals surface area contributed by atoms with Crippen molar-refractivity contribution in [2.24, 2.45) is 33.7 Å². The minimum Gasteiger partial charge on any atom is -0.478 e. The van der Waals surface area contributed by atoms with Crippen molar-refractivity contribution in [2.75, 3.05) is 13.2 Å². The molecule has 4 aromatic rings. The van der Waals surface area contributed by atoms with Crippen molar-refractivity contribution in [3.8, 4) is 0 Å². The molecule has 7 heteroatoms. The number of rotatable bonds is 12. The Kier molecular flexibility index (Phi) is 15.8. The summed E-state index contributed by atoms with van der Waals surface area (Å²) in [5.74, 6) is 4.48. The molecule has 0 aromatic heterocycles. The Morgan fingerprint density at radius 3 is 1.09 bits per heavy atom. The number of nitrogens with zero attached hydrogens (tertiary/aromatic N) is 2. The minimum atomic E-state index is -0.863. The van der Waals surface area contributed by atoms with E-state index < -0.39 is 15.8 Å². The average molecular weight is 958 g/mol. The summed E-state index contributed by atoms with van der Waals surface area (Å²) in [7, 11) is -1.73. The molecular weight excluding hydrogens is 895 g/mol. The van der Waals surface area contributed by atoms with Crippen LogP contribution in [0.1, 0.15) is 79.1 Å². The third kappa shape index (κ3) is 10.9. The Bertz CT molecular complexity index is 1580. The number of aliphatic imine (C=N–C) groups is 2. The van der Waals surface area contributed by atoms with E-state index in [1.54, 1.807) is 0 Å². The van der Waals surface area contributed by atoms with Gasteiger partial charge in [0.25, 0.3) is 0 Å². The van der Waals surface area contributed by atoms with Gasteiger partial charge in [0.15, 0.2) is 11.8 Å². The topological polar surface area (TPSA) is 43.2 Å². The fourth-order valence-electron chi connectivity index (χ4n) is 9.47. The molecule has 55 heavy (non-hydrogen) atoms. The molecule has 0 saturated heterocycles. The van der Waals surface area contributed by atoms with E-state index in [2.05, 4.69) is 149 Å². The average Bonchev–Trinajstić information content (AvgIpc) is 4.03. The van der Waals surface area contributed by atoms with E-state index in [0.29, 0.717) is 47.1 Å². The summed E-state index contributed by atoms with van der Waals surface area (Å²) in [6.07, 6.45) is 9.89. The van der Waals surface area contributed by atoms with Gasteiger partial charge in [0.1, 0.15) is 13.2 Å². The first-order valence-electron chi connectivity index (χ1n) is 20.8. The van der Waals surface area contributed by atoms with Gasteiger partial charge in [-0.2, -0.15) is 0 Å². The van der Waals surface area contributed by atoms with Gasteiger partial charge in [0.05, 0.1) is 72.3 Å². The smallest absolute Gasteiger partial charge is 0.190 e.